The van der Waals surface area contributed by atoms with E-state index in [1.165, 1.54) is 32.1 Å². The number of hydrogen-bond donors (Lipinski definition) is 3. The molecule has 0 aromatic heterocycles. The van der Waals surface area contributed by atoms with Gasteiger partial charge in [-0.1, -0.05) is 33.1 Å². The molecule has 5 heteroatoms. The van der Waals surface area contributed by atoms with Gasteiger partial charge in [0.2, 0.25) is 0 Å². The van der Waals surface area contributed by atoms with Gasteiger partial charge in [-0.2, -0.15) is 0 Å². The molecule has 0 heterocycles. The van der Waals surface area contributed by atoms with E-state index in [2.05, 4.69) is 24.5 Å². The summed E-state index contributed by atoms with van der Waals surface area (Å²) in [7, 11) is 0. The highest BCUT2D eigenvalue weighted by Gasteiger charge is 2.30. The second-order valence-corrected chi connectivity index (χ2v) is 6.43. The van der Waals surface area contributed by atoms with Crippen molar-refractivity contribution in [3.05, 3.63) is 0 Å². The van der Waals surface area contributed by atoms with Gasteiger partial charge in [0.1, 0.15) is 0 Å². The van der Waals surface area contributed by atoms with Crippen LogP contribution in [0, 0.1) is 11.3 Å². The number of carboxylic acid groups (broad SMARTS) is 1. The normalized spacial score (nSPS) is 16.7. The van der Waals surface area contributed by atoms with Crippen LogP contribution in [0.3, 0.4) is 0 Å². The molecular formula is C15H28N2O3. The van der Waals surface area contributed by atoms with Gasteiger partial charge in [0.05, 0.1) is 0 Å². The molecule has 0 aliphatic heterocycles. The fourth-order valence-electron chi connectivity index (χ4n) is 2.84. The van der Waals surface area contributed by atoms with E-state index in [1.807, 2.05) is 0 Å². The third-order valence-electron chi connectivity index (χ3n) is 4.27. The van der Waals surface area contributed by atoms with Gasteiger partial charge in [0.15, 0.2) is 0 Å². The molecule has 1 saturated carbocycles. The fourth-order valence-corrected chi connectivity index (χ4v) is 2.84. The van der Waals surface area contributed by atoms with Crippen molar-refractivity contribution >= 4 is 12.0 Å². The average molecular weight is 284 g/mol. The van der Waals surface area contributed by atoms with E-state index in [9.17, 15) is 9.59 Å². The molecule has 0 radical (unpaired) electrons. The molecule has 1 aliphatic rings. The molecule has 1 rings (SSSR count). The lowest BCUT2D eigenvalue weighted by Gasteiger charge is -2.37. The Morgan fingerprint density at radius 1 is 1.15 bits per heavy atom. The van der Waals surface area contributed by atoms with Crippen molar-refractivity contribution in [3.63, 3.8) is 0 Å². The fraction of sp³-hybridized carbons (Fsp3) is 0.867. The molecule has 0 saturated heterocycles. The molecule has 0 aromatic rings. The summed E-state index contributed by atoms with van der Waals surface area (Å²) >= 11 is 0. The van der Waals surface area contributed by atoms with Crippen LogP contribution in [-0.2, 0) is 4.79 Å². The number of nitrogens with one attached hydrogen (secondary N) is 2. The zero-order chi connectivity index (χ0) is 15.0. The number of carbonyl (C=O) groups excluding carboxylic acids is 1. The van der Waals surface area contributed by atoms with Crippen LogP contribution in [0.15, 0.2) is 0 Å². The van der Waals surface area contributed by atoms with E-state index >= 15 is 0 Å². The molecule has 0 aromatic carbocycles. The molecule has 0 atom stereocenters. The van der Waals surface area contributed by atoms with Gasteiger partial charge in [0.25, 0.3) is 0 Å². The zero-order valence-corrected chi connectivity index (χ0v) is 12.7. The molecule has 1 aliphatic carbocycles. The van der Waals surface area contributed by atoms with Crippen molar-refractivity contribution in [2.24, 2.45) is 11.3 Å². The number of amides is 2. The minimum atomic E-state index is -0.828. The summed E-state index contributed by atoms with van der Waals surface area (Å²) in [6, 6.07) is -0.195. The number of aliphatic carboxylic acids is 1. The van der Waals surface area contributed by atoms with Crippen LogP contribution in [0.4, 0.5) is 4.79 Å². The summed E-state index contributed by atoms with van der Waals surface area (Å²) in [6.07, 6.45) is 7.02. The van der Waals surface area contributed by atoms with E-state index in [0.717, 1.165) is 0 Å². The number of carbonyl (C=O) groups is 2. The van der Waals surface area contributed by atoms with E-state index in [0.29, 0.717) is 25.4 Å². The van der Waals surface area contributed by atoms with Crippen molar-refractivity contribution in [1.82, 2.24) is 10.6 Å². The molecule has 1 fully saturated rings. The summed E-state index contributed by atoms with van der Waals surface area (Å²) in [6.45, 7) is 5.51. The highest BCUT2D eigenvalue weighted by molar-refractivity contribution is 5.74. The zero-order valence-electron chi connectivity index (χ0n) is 12.7. The van der Waals surface area contributed by atoms with Crippen LogP contribution in [-0.4, -0.2) is 30.2 Å². The van der Waals surface area contributed by atoms with Gasteiger partial charge in [0, 0.05) is 19.5 Å². The Hall–Kier alpha value is -1.26. The topological polar surface area (TPSA) is 78.4 Å². The van der Waals surface area contributed by atoms with Gasteiger partial charge in [-0.3, -0.25) is 4.79 Å². The van der Waals surface area contributed by atoms with Crippen molar-refractivity contribution in [2.45, 2.75) is 58.8 Å². The van der Waals surface area contributed by atoms with Crippen LogP contribution < -0.4 is 10.6 Å². The number of carboxylic acids is 1. The number of urea groups is 1. The minimum absolute atomic E-state index is 0.0911. The van der Waals surface area contributed by atoms with E-state index in [-0.39, 0.29) is 17.9 Å². The van der Waals surface area contributed by atoms with E-state index in [4.69, 9.17) is 5.11 Å². The maximum absolute atomic E-state index is 11.6. The van der Waals surface area contributed by atoms with Gasteiger partial charge in [-0.05, 0) is 30.6 Å². The predicted molar refractivity (Wildman–Crippen MR) is 78.6 cm³/mol. The first-order chi connectivity index (χ1) is 9.42. The van der Waals surface area contributed by atoms with Crippen LogP contribution in [0.25, 0.3) is 0 Å². The average Bonchev–Trinajstić information content (AvgIpc) is 2.42. The van der Waals surface area contributed by atoms with E-state index < -0.39 is 5.97 Å². The van der Waals surface area contributed by atoms with Crippen LogP contribution in [0.2, 0.25) is 0 Å². The van der Waals surface area contributed by atoms with Crippen molar-refractivity contribution < 1.29 is 14.7 Å². The highest BCUT2D eigenvalue weighted by atomic mass is 16.4. The molecule has 3 N–H and O–H groups in total. The lowest BCUT2D eigenvalue weighted by molar-refractivity contribution is -0.137. The first-order valence-corrected chi connectivity index (χ1v) is 7.65. The summed E-state index contributed by atoms with van der Waals surface area (Å²) in [5, 5.41) is 14.1. The summed E-state index contributed by atoms with van der Waals surface area (Å²) in [5.74, 6) is -0.144. The Kier molecular flexibility index (Phi) is 6.82. The monoisotopic (exact) mass is 284 g/mol. The minimum Gasteiger partial charge on any atom is -0.481 e. The van der Waals surface area contributed by atoms with Crippen LogP contribution >= 0.6 is 0 Å². The maximum Gasteiger partial charge on any atom is 0.314 e. The Bertz CT molecular complexity index is 323. The maximum atomic E-state index is 11.6. The summed E-state index contributed by atoms with van der Waals surface area (Å²) in [4.78, 5) is 22.0. The molecule has 116 valence electrons. The number of rotatable bonds is 7. The van der Waals surface area contributed by atoms with Gasteiger partial charge in [-0.15, -0.1) is 0 Å². The lowest BCUT2D eigenvalue weighted by atomic mass is 9.71. The highest BCUT2D eigenvalue weighted by Crippen LogP contribution is 2.37. The lowest BCUT2D eigenvalue weighted by Crippen LogP contribution is -2.43. The second-order valence-electron chi connectivity index (χ2n) is 6.43. The Balaban J connectivity index is 2.19. The Labute approximate surface area is 121 Å². The molecule has 0 spiro atoms. The number of hydrogen-bond acceptors (Lipinski definition) is 2. The predicted octanol–water partition coefficient (Wildman–Crippen LogP) is 2.76. The quantitative estimate of drug-likeness (QED) is 0.629. The third kappa shape index (κ3) is 6.26. The van der Waals surface area contributed by atoms with Crippen LogP contribution in [0.5, 0.6) is 0 Å². The smallest absolute Gasteiger partial charge is 0.314 e. The third-order valence-corrected chi connectivity index (χ3v) is 4.27. The first-order valence-electron chi connectivity index (χ1n) is 7.65. The standard InChI is InChI=1S/C15H28N2O3/c1-15(2,12-7-4-3-5-8-12)11-17-14(20)16-10-6-9-13(18)19/h12H,3-11H2,1-2H3,(H,18,19)(H2,16,17,20). The first kappa shape index (κ1) is 16.8. The van der Waals surface area contributed by atoms with E-state index in [1.54, 1.807) is 0 Å². The summed E-state index contributed by atoms with van der Waals surface area (Å²) < 4.78 is 0. The van der Waals surface area contributed by atoms with Crippen molar-refractivity contribution in [3.8, 4) is 0 Å². The molecular weight excluding hydrogens is 256 g/mol. The second kappa shape index (κ2) is 8.12. The SMILES string of the molecule is CC(C)(CNC(=O)NCCCC(=O)O)C1CCCCC1. The Morgan fingerprint density at radius 2 is 1.80 bits per heavy atom. The van der Waals surface area contributed by atoms with Crippen molar-refractivity contribution in [2.75, 3.05) is 13.1 Å². The molecule has 0 unspecified atom stereocenters. The van der Waals surface area contributed by atoms with Gasteiger partial charge in [-0.25, -0.2) is 4.79 Å². The molecule has 20 heavy (non-hydrogen) atoms. The molecule has 0 bridgehead atoms. The van der Waals surface area contributed by atoms with Crippen LogP contribution in [0.1, 0.15) is 58.8 Å². The van der Waals surface area contributed by atoms with Gasteiger partial charge >= 0.3 is 12.0 Å². The van der Waals surface area contributed by atoms with Crippen molar-refractivity contribution in [1.29, 1.82) is 0 Å². The summed E-state index contributed by atoms with van der Waals surface area (Å²) in [5.41, 5.74) is 0.124. The molecule has 2 amide bonds. The van der Waals surface area contributed by atoms with Gasteiger partial charge < -0.3 is 15.7 Å². The Morgan fingerprint density at radius 3 is 2.40 bits per heavy atom. The molecule has 5 nitrogen and oxygen atoms in total. The largest absolute Gasteiger partial charge is 0.481 e.